The van der Waals surface area contributed by atoms with E-state index in [0.717, 1.165) is 10.5 Å². The average molecular weight is 241 g/mol. The molecular weight excluding hydrogens is 235 g/mol. The van der Waals surface area contributed by atoms with E-state index in [1.165, 1.54) is 12.1 Å². The van der Waals surface area contributed by atoms with Crippen molar-refractivity contribution in [3.8, 4) is 6.07 Å². The third kappa shape index (κ3) is 2.30. The van der Waals surface area contributed by atoms with E-state index < -0.39 is 5.82 Å². The van der Waals surface area contributed by atoms with Gasteiger partial charge in [0, 0.05) is 16.1 Å². The molecule has 0 aliphatic rings. The number of benzene rings is 1. The van der Waals surface area contributed by atoms with Gasteiger partial charge in [-0.2, -0.15) is 5.26 Å². The summed E-state index contributed by atoms with van der Waals surface area (Å²) in [5, 5.41) is 8.32. The molecular formula is C9H6BrFN2. The van der Waals surface area contributed by atoms with Crippen LogP contribution in [-0.2, 0) is 0 Å². The van der Waals surface area contributed by atoms with Crippen molar-refractivity contribution in [1.82, 2.24) is 0 Å². The number of rotatable bonds is 1. The first-order chi connectivity index (χ1) is 6.15. The summed E-state index contributed by atoms with van der Waals surface area (Å²) in [6, 6.07) is 6.13. The van der Waals surface area contributed by atoms with E-state index in [0.29, 0.717) is 0 Å². The molecule has 0 unspecified atom stereocenters. The summed E-state index contributed by atoms with van der Waals surface area (Å²) in [4.78, 5) is 0. The van der Waals surface area contributed by atoms with Crippen molar-refractivity contribution in [3.63, 3.8) is 0 Å². The molecule has 0 spiro atoms. The molecule has 0 atom stereocenters. The van der Waals surface area contributed by atoms with Crippen LogP contribution in [0.15, 0.2) is 28.7 Å². The normalized spacial score (nSPS) is 11.0. The quantitative estimate of drug-likeness (QED) is 0.767. The fourth-order valence-corrected chi connectivity index (χ4v) is 1.23. The highest BCUT2D eigenvalue weighted by molar-refractivity contribution is 9.10. The third-order valence-corrected chi connectivity index (χ3v) is 1.95. The van der Waals surface area contributed by atoms with Gasteiger partial charge in [0.25, 0.3) is 0 Å². The Morgan fingerprint density at radius 2 is 2.31 bits per heavy atom. The molecule has 0 aromatic heterocycles. The van der Waals surface area contributed by atoms with E-state index in [-0.39, 0.29) is 11.3 Å². The SMILES string of the molecule is N#C/C=C(/N)c1cc(Br)ccc1F. The van der Waals surface area contributed by atoms with E-state index in [2.05, 4.69) is 15.9 Å². The zero-order valence-corrected chi connectivity index (χ0v) is 8.18. The Hall–Kier alpha value is -1.34. The van der Waals surface area contributed by atoms with Gasteiger partial charge in [-0.15, -0.1) is 0 Å². The molecule has 0 saturated heterocycles. The second kappa shape index (κ2) is 4.06. The lowest BCUT2D eigenvalue weighted by molar-refractivity contribution is 0.623. The predicted molar refractivity (Wildman–Crippen MR) is 51.9 cm³/mol. The Bertz CT molecular complexity index is 393. The topological polar surface area (TPSA) is 49.8 Å². The van der Waals surface area contributed by atoms with E-state index >= 15 is 0 Å². The van der Waals surface area contributed by atoms with Gasteiger partial charge in [-0.1, -0.05) is 15.9 Å². The fraction of sp³-hybridized carbons (Fsp3) is 0. The van der Waals surface area contributed by atoms with Gasteiger partial charge in [0.1, 0.15) is 5.82 Å². The molecule has 13 heavy (non-hydrogen) atoms. The summed E-state index contributed by atoms with van der Waals surface area (Å²) >= 11 is 3.18. The van der Waals surface area contributed by atoms with Gasteiger partial charge in [-0.3, -0.25) is 0 Å². The first kappa shape index (κ1) is 9.75. The molecule has 1 aromatic carbocycles. The lowest BCUT2D eigenvalue weighted by Gasteiger charge is -2.02. The molecule has 0 heterocycles. The van der Waals surface area contributed by atoms with Crippen LogP contribution in [0.4, 0.5) is 4.39 Å². The van der Waals surface area contributed by atoms with Crippen molar-refractivity contribution in [3.05, 3.63) is 40.1 Å². The van der Waals surface area contributed by atoms with Crippen molar-refractivity contribution in [1.29, 1.82) is 5.26 Å². The van der Waals surface area contributed by atoms with Crippen LogP contribution in [0.1, 0.15) is 5.56 Å². The number of nitrogens with two attached hydrogens (primary N) is 1. The summed E-state index contributed by atoms with van der Waals surface area (Å²) in [7, 11) is 0. The van der Waals surface area contributed by atoms with Crippen LogP contribution in [-0.4, -0.2) is 0 Å². The monoisotopic (exact) mass is 240 g/mol. The second-order valence-corrected chi connectivity index (χ2v) is 3.27. The first-order valence-corrected chi connectivity index (χ1v) is 4.25. The Morgan fingerprint density at radius 3 is 2.92 bits per heavy atom. The van der Waals surface area contributed by atoms with Crippen LogP contribution in [0.5, 0.6) is 0 Å². The summed E-state index contributed by atoms with van der Waals surface area (Å²) in [6.45, 7) is 0. The number of nitrogens with zero attached hydrogens (tertiary/aromatic N) is 1. The standard InChI is InChI=1S/C9H6BrFN2/c10-6-1-2-8(11)7(5-6)9(13)3-4-12/h1-3,5H,13H2/b9-3+. The Kier molecular flexibility index (Phi) is 3.04. The van der Waals surface area contributed by atoms with E-state index in [1.54, 1.807) is 12.1 Å². The smallest absolute Gasteiger partial charge is 0.132 e. The summed E-state index contributed by atoms with van der Waals surface area (Å²) in [6.07, 6.45) is 1.10. The van der Waals surface area contributed by atoms with E-state index in [4.69, 9.17) is 11.0 Å². The molecule has 66 valence electrons. The maximum absolute atomic E-state index is 13.1. The van der Waals surface area contributed by atoms with Crippen LogP contribution in [0.25, 0.3) is 5.70 Å². The van der Waals surface area contributed by atoms with Gasteiger partial charge >= 0.3 is 0 Å². The molecule has 2 N–H and O–H groups in total. The molecule has 4 heteroatoms. The van der Waals surface area contributed by atoms with E-state index in [9.17, 15) is 4.39 Å². The largest absolute Gasteiger partial charge is 0.398 e. The molecule has 0 bridgehead atoms. The minimum absolute atomic E-state index is 0.126. The highest BCUT2D eigenvalue weighted by Crippen LogP contribution is 2.19. The fourth-order valence-electron chi connectivity index (χ4n) is 0.866. The molecule has 0 saturated carbocycles. The van der Waals surface area contributed by atoms with Crippen molar-refractivity contribution in [2.75, 3.05) is 0 Å². The molecule has 0 fully saturated rings. The Labute approximate surface area is 83.6 Å². The average Bonchev–Trinajstić information content (AvgIpc) is 2.09. The van der Waals surface area contributed by atoms with Gasteiger partial charge in [0.2, 0.25) is 0 Å². The van der Waals surface area contributed by atoms with Crippen LogP contribution >= 0.6 is 15.9 Å². The molecule has 0 amide bonds. The van der Waals surface area contributed by atoms with Gasteiger partial charge in [0.15, 0.2) is 0 Å². The van der Waals surface area contributed by atoms with Crippen molar-refractivity contribution >= 4 is 21.6 Å². The number of hydrogen-bond donors (Lipinski definition) is 1. The summed E-state index contributed by atoms with van der Waals surface area (Å²) < 4.78 is 13.8. The Balaban J connectivity index is 3.22. The number of nitriles is 1. The maximum Gasteiger partial charge on any atom is 0.132 e. The second-order valence-electron chi connectivity index (χ2n) is 2.35. The predicted octanol–water partition coefficient (Wildman–Crippen LogP) is 2.41. The molecule has 2 nitrogen and oxygen atoms in total. The third-order valence-electron chi connectivity index (χ3n) is 1.46. The molecule has 0 radical (unpaired) electrons. The zero-order chi connectivity index (χ0) is 9.84. The Morgan fingerprint density at radius 1 is 1.62 bits per heavy atom. The minimum Gasteiger partial charge on any atom is -0.398 e. The first-order valence-electron chi connectivity index (χ1n) is 3.46. The number of hydrogen-bond acceptors (Lipinski definition) is 2. The van der Waals surface area contributed by atoms with Gasteiger partial charge in [0.05, 0.1) is 11.8 Å². The zero-order valence-electron chi connectivity index (χ0n) is 6.59. The molecule has 1 aromatic rings. The maximum atomic E-state index is 13.1. The van der Waals surface area contributed by atoms with E-state index in [1.807, 2.05) is 0 Å². The number of allylic oxidation sites excluding steroid dienone is 1. The van der Waals surface area contributed by atoms with Gasteiger partial charge in [-0.25, -0.2) is 4.39 Å². The minimum atomic E-state index is -0.438. The summed E-state index contributed by atoms with van der Waals surface area (Å²) in [5.74, 6) is -0.438. The van der Waals surface area contributed by atoms with Crippen molar-refractivity contribution in [2.24, 2.45) is 5.73 Å². The molecule has 0 aliphatic carbocycles. The van der Waals surface area contributed by atoms with Crippen molar-refractivity contribution < 1.29 is 4.39 Å². The lowest BCUT2D eigenvalue weighted by atomic mass is 10.1. The van der Waals surface area contributed by atoms with Crippen LogP contribution < -0.4 is 5.73 Å². The highest BCUT2D eigenvalue weighted by Gasteiger charge is 2.04. The highest BCUT2D eigenvalue weighted by atomic mass is 79.9. The molecule has 1 rings (SSSR count). The van der Waals surface area contributed by atoms with Crippen LogP contribution in [0, 0.1) is 17.1 Å². The van der Waals surface area contributed by atoms with Gasteiger partial charge < -0.3 is 5.73 Å². The van der Waals surface area contributed by atoms with Crippen LogP contribution in [0.3, 0.4) is 0 Å². The van der Waals surface area contributed by atoms with Crippen molar-refractivity contribution in [2.45, 2.75) is 0 Å². The number of halogens is 2. The lowest BCUT2D eigenvalue weighted by Crippen LogP contribution is -1.98. The summed E-state index contributed by atoms with van der Waals surface area (Å²) in [5.41, 5.74) is 5.81. The van der Waals surface area contributed by atoms with Gasteiger partial charge in [-0.05, 0) is 18.2 Å². The molecule has 0 aliphatic heterocycles. The van der Waals surface area contributed by atoms with Crippen LogP contribution in [0.2, 0.25) is 0 Å².